The molecule has 0 heterocycles. The van der Waals surface area contributed by atoms with Gasteiger partial charge in [-0.15, -0.1) is 0 Å². The summed E-state index contributed by atoms with van der Waals surface area (Å²) in [5.41, 5.74) is 0.551. The van der Waals surface area contributed by atoms with Gasteiger partial charge >= 0.3 is 0 Å². The van der Waals surface area contributed by atoms with E-state index in [0.717, 1.165) is 18.9 Å². The van der Waals surface area contributed by atoms with Gasteiger partial charge in [-0.05, 0) is 23.5 Å². The predicted molar refractivity (Wildman–Crippen MR) is 58.8 cm³/mol. The first kappa shape index (κ1) is 12.2. The lowest BCUT2D eigenvalue weighted by Gasteiger charge is -2.26. The molecule has 0 saturated carbocycles. The fraction of sp³-hybridized carbons (Fsp3) is 0.538. The number of benzene rings is 1. The van der Waals surface area contributed by atoms with Crippen LogP contribution in [0.5, 0.6) is 0 Å². The highest BCUT2D eigenvalue weighted by Crippen LogP contribution is 2.31. The molecule has 0 aromatic heterocycles. The van der Waals surface area contributed by atoms with Gasteiger partial charge in [0.15, 0.2) is 11.6 Å². The van der Waals surface area contributed by atoms with Gasteiger partial charge in [0, 0.05) is 0 Å². The number of hydrogen-bond donors (Lipinski definition) is 0. The lowest BCUT2D eigenvalue weighted by Crippen LogP contribution is -2.18. The molecule has 1 aromatic carbocycles. The van der Waals surface area contributed by atoms with Crippen molar-refractivity contribution in [2.45, 2.75) is 40.0 Å². The van der Waals surface area contributed by atoms with Gasteiger partial charge in [-0.25, -0.2) is 8.78 Å². The van der Waals surface area contributed by atoms with Crippen LogP contribution in [0.3, 0.4) is 0 Å². The van der Waals surface area contributed by atoms with Crippen molar-refractivity contribution in [2.75, 3.05) is 0 Å². The van der Waals surface area contributed by atoms with Crippen LogP contribution >= 0.6 is 0 Å². The molecule has 0 nitrogen and oxygen atoms in total. The lowest BCUT2D eigenvalue weighted by molar-refractivity contribution is 0.290. The van der Waals surface area contributed by atoms with Gasteiger partial charge in [0.05, 0.1) is 0 Å². The van der Waals surface area contributed by atoms with Crippen LogP contribution in [0.15, 0.2) is 18.2 Å². The topological polar surface area (TPSA) is 0 Å². The van der Waals surface area contributed by atoms with E-state index >= 15 is 0 Å². The van der Waals surface area contributed by atoms with Gasteiger partial charge in [0.2, 0.25) is 0 Å². The zero-order valence-electron chi connectivity index (χ0n) is 9.61. The van der Waals surface area contributed by atoms with Crippen molar-refractivity contribution in [3.8, 4) is 0 Å². The highest BCUT2D eigenvalue weighted by atomic mass is 19.2. The van der Waals surface area contributed by atoms with E-state index in [1.165, 1.54) is 0 Å². The molecule has 1 rings (SSSR count). The maximum atomic E-state index is 13.4. The van der Waals surface area contributed by atoms with E-state index in [1.54, 1.807) is 12.1 Å². The van der Waals surface area contributed by atoms with Gasteiger partial charge < -0.3 is 0 Å². The Balaban J connectivity index is 2.94. The van der Waals surface area contributed by atoms with Gasteiger partial charge in [-0.1, -0.05) is 45.7 Å². The van der Waals surface area contributed by atoms with Crippen molar-refractivity contribution in [3.63, 3.8) is 0 Å². The Morgan fingerprint density at radius 1 is 1.13 bits per heavy atom. The Morgan fingerprint density at radius 3 is 2.27 bits per heavy atom. The van der Waals surface area contributed by atoms with E-state index in [9.17, 15) is 8.78 Å². The minimum Gasteiger partial charge on any atom is -0.204 e. The first-order valence-corrected chi connectivity index (χ1v) is 5.45. The zero-order valence-corrected chi connectivity index (χ0v) is 9.61. The fourth-order valence-electron chi connectivity index (χ4n) is 1.64. The number of halogens is 2. The van der Waals surface area contributed by atoms with Crippen LogP contribution in [0.25, 0.3) is 0 Å². The predicted octanol–water partition coefficient (Wildman–Crippen LogP) is 4.33. The quantitative estimate of drug-likeness (QED) is 0.696. The second-order valence-electron chi connectivity index (χ2n) is 4.41. The molecule has 0 N–H and O–H groups in total. The lowest BCUT2D eigenvalue weighted by atomic mass is 9.79. The number of hydrogen-bond acceptors (Lipinski definition) is 0. The second-order valence-corrected chi connectivity index (χ2v) is 4.41. The van der Waals surface area contributed by atoms with Crippen molar-refractivity contribution >= 4 is 0 Å². The van der Waals surface area contributed by atoms with Crippen LogP contribution in [0, 0.1) is 17.0 Å². The molecule has 2 heteroatoms. The third-order valence-electron chi connectivity index (χ3n) is 3.36. The summed E-state index contributed by atoms with van der Waals surface area (Å²) in [6, 6.07) is 4.40. The monoisotopic (exact) mass is 212 g/mol. The van der Waals surface area contributed by atoms with Crippen LogP contribution in [0.4, 0.5) is 8.78 Å². The van der Waals surface area contributed by atoms with Crippen molar-refractivity contribution in [1.29, 1.82) is 0 Å². The Bertz CT molecular complexity index is 327. The Hall–Kier alpha value is -0.920. The molecule has 0 aliphatic carbocycles. The molecular formula is C13H18F2. The Kier molecular flexibility index (Phi) is 3.83. The molecule has 15 heavy (non-hydrogen) atoms. The summed E-state index contributed by atoms with van der Waals surface area (Å²) in [4.78, 5) is 0. The minimum atomic E-state index is -0.748. The fourth-order valence-corrected chi connectivity index (χ4v) is 1.64. The molecule has 0 fully saturated rings. The van der Waals surface area contributed by atoms with Gasteiger partial charge in [0.1, 0.15) is 0 Å². The summed E-state index contributed by atoms with van der Waals surface area (Å²) in [5, 5.41) is 0. The van der Waals surface area contributed by atoms with Crippen LogP contribution in [-0.4, -0.2) is 0 Å². The first-order valence-electron chi connectivity index (χ1n) is 5.45. The second kappa shape index (κ2) is 4.73. The SMILES string of the molecule is CCC(C)(CC)Cc1cccc(F)c1F. The zero-order chi connectivity index (χ0) is 11.5. The average Bonchev–Trinajstić information content (AvgIpc) is 2.25. The largest absolute Gasteiger partial charge is 0.204 e. The maximum Gasteiger partial charge on any atom is 0.162 e. The molecule has 0 bridgehead atoms. The van der Waals surface area contributed by atoms with Crippen LogP contribution in [0.1, 0.15) is 39.2 Å². The van der Waals surface area contributed by atoms with Crippen molar-refractivity contribution in [2.24, 2.45) is 5.41 Å². The van der Waals surface area contributed by atoms with E-state index in [-0.39, 0.29) is 5.41 Å². The summed E-state index contributed by atoms with van der Waals surface area (Å²) < 4.78 is 26.4. The minimum absolute atomic E-state index is 0.0641. The highest BCUT2D eigenvalue weighted by Gasteiger charge is 2.22. The molecule has 0 amide bonds. The highest BCUT2D eigenvalue weighted by molar-refractivity contribution is 5.20. The molecule has 0 saturated heterocycles. The molecule has 0 aliphatic heterocycles. The summed E-state index contributed by atoms with van der Waals surface area (Å²) in [5.74, 6) is -1.44. The summed E-state index contributed by atoms with van der Waals surface area (Å²) in [7, 11) is 0. The van der Waals surface area contributed by atoms with E-state index in [1.807, 2.05) is 0 Å². The molecule has 0 radical (unpaired) electrons. The van der Waals surface area contributed by atoms with Crippen LogP contribution in [-0.2, 0) is 6.42 Å². The van der Waals surface area contributed by atoms with Crippen LogP contribution < -0.4 is 0 Å². The van der Waals surface area contributed by atoms with E-state index in [4.69, 9.17) is 0 Å². The molecule has 0 spiro atoms. The number of rotatable bonds is 4. The first-order chi connectivity index (χ1) is 7.02. The van der Waals surface area contributed by atoms with E-state index in [0.29, 0.717) is 12.0 Å². The normalized spacial score (nSPS) is 11.8. The molecule has 1 aromatic rings. The summed E-state index contributed by atoms with van der Waals surface area (Å²) in [6.07, 6.45) is 2.54. The maximum absolute atomic E-state index is 13.4. The summed E-state index contributed by atoms with van der Waals surface area (Å²) >= 11 is 0. The van der Waals surface area contributed by atoms with Crippen molar-refractivity contribution in [3.05, 3.63) is 35.4 Å². The average molecular weight is 212 g/mol. The van der Waals surface area contributed by atoms with Gasteiger partial charge in [-0.2, -0.15) is 0 Å². The van der Waals surface area contributed by atoms with Crippen molar-refractivity contribution < 1.29 is 8.78 Å². The van der Waals surface area contributed by atoms with Crippen molar-refractivity contribution in [1.82, 2.24) is 0 Å². The molecule has 0 atom stereocenters. The van der Waals surface area contributed by atoms with E-state index < -0.39 is 11.6 Å². The molecular weight excluding hydrogens is 194 g/mol. The van der Waals surface area contributed by atoms with E-state index in [2.05, 4.69) is 20.8 Å². The third-order valence-corrected chi connectivity index (χ3v) is 3.36. The molecule has 0 aliphatic rings. The molecule has 84 valence electrons. The molecule has 0 unspecified atom stereocenters. The Labute approximate surface area is 90.3 Å². The van der Waals surface area contributed by atoms with Gasteiger partial charge in [-0.3, -0.25) is 0 Å². The van der Waals surface area contributed by atoms with Crippen LogP contribution in [0.2, 0.25) is 0 Å². The smallest absolute Gasteiger partial charge is 0.162 e. The standard InChI is InChI=1S/C13H18F2/c1-4-13(3,5-2)9-10-7-6-8-11(14)12(10)15/h6-8H,4-5,9H2,1-3H3. The third kappa shape index (κ3) is 2.77. The Morgan fingerprint density at radius 2 is 1.73 bits per heavy atom. The summed E-state index contributed by atoms with van der Waals surface area (Å²) in [6.45, 7) is 6.28. The van der Waals surface area contributed by atoms with Gasteiger partial charge in [0.25, 0.3) is 0 Å².